The van der Waals surface area contributed by atoms with E-state index in [1.54, 1.807) is 24.3 Å². The van der Waals surface area contributed by atoms with E-state index in [4.69, 9.17) is 4.42 Å². The van der Waals surface area contributed by atoms with Crippen LogP contribution < -0.4 is 15.1 Å². The second kappa shape index (κ2) is 9.90. The Kier molecular flexibility index (Phi) is 6.17. The molecule has 0 bridgehead atoms. The van der Waals surface area contributed by atoms with E-state index in [1.165, 1.54) is 27.5 Å². The molecule has 2 aliphatic heterocycles. The molecule has 204 valence electrons. The number of imide groups is 1. The minimum atomic E-state index is -0.768. The molecule has 0 spiro atoms. The zero-order chi connectivity index (χ0) is 28.2. The van der Waals surface area contributed by atoms with Gasteiger partial charge in [0.05, 0.1) is 33.7 Å². The molecule has 8 nitrogen and oxygen atoms in total. The first-order chi connectivity index (χ1) is 19.9. The van der Waals surface area contributed by atoms with E-state index in [0.717, 1.165) is 27.7 Å². The molecule has 5 aromatic rings. The molecule has 41 heavy (non-hydrogen) atoms. The van der Waals surface area contributed by atoms with Crippen molar-refractivity contribution < 1.29 is 18.8 Å². The summed E-state index contributed by atoms with van der Waals surface area (Å²) in [7, 11) is 0. The number of amides is 3. The smallest absolute Gasteiger partial charge is 0.308 e. The summed E-state index contributed by atoms with van der Waals surface area (Å²) in [4.78, 5) is 55.5. The molecule has 1 fully saturated rings. The molecule has 3 amide bonds. The molecule has 7 rings (SSSR count). The number of thiazole rings is 1. The van der Waals surface area contributed by atoms with Crippen molar-refractivity contribution in [2.45, 2.75) is 29.7 Å². The highest BCUT2D eigenvalue weighted by Gasteiger charge is 2.57. The van der Waals surface area contributed by atoms with Gasteiger partial charge in [0.1, 0.15) is 17.6 Å². The minimum absolute atomic E-state index is 0.226. The Morgan fingerprint density at radius 1 is 0.927 bits per heavy atom. The molecule has 3 aromatic carbocycles. The van der Waals surface area contributed by atoms with Crippen LogP contribution in [0.5, 0.6) is 0 Å². The first kappa shape index (κ1) is 25.6. The predicted octanol–water partition coefficient (Wildman–Crippen LogP) is 5.40. The van der Waals surface area contributed by atoms with Crippen LogP contribution in [0.4, 0.5) is 11.4 Å². The number of hydrogen-bond acceptors (Lipinski definition) is 7. The maximum atomic E-state index is 13.8. The van der Waals surface area contributed by atoms with Gasteiger partial charge in [-0.05, 0) is 54.1 Å². The molecule has 2 aromatic heterocycles. The second-order valence-corrected chi connectivity index (χ2v) is 12.3. The summed E-state index contributed by atoms with van der Waals surface area (Å²) >= 11 is 2.17. The minimum Gasteiger partial charge on any atom is -0.469 e. The largest absolute Gasteiger partial charge is 0.469 e. The lowest BCUT2D eigenvalue weighted by Crippen LogP contribution is -2.32. The van der Waals surface area contributed by atoms with Crippen LogP contribution in [0.1, 0.15) is 22.1 Å². The molecular formula is C31H23N3O5S2. The van der Waals surface area contributed by atoms with Crippen LogP contribution >= 0.6 is 23.1 Å². The lowest BCUT2D eigenvalue weighted by molar-refractivity contribution is -0.122. The Morgan fingerprint density at radius 3 is 2.46 bits per heavy atom. The summed E-state index contributed by atoms with van der Waals surface area (Å²) in [5, 5.41) is 4.68. The number of fused-ring (bicyclic) bond motifs is 3. The molecule has 10 heteroatoms. The number of aromatic nitrogens is 1. The number of benzene rings is 3. The van der Waals surface area contributed by atoms with Gasteiger partial charge < -0.3 is 9.73 Å². The first-order valence-electron chi connectivity index (χ1n) is 13.1. The number of nitrogens with one attached hydrogen (secondary N) is 1. The Balaban J connectivity index is 1.23. The van der Waals surface area contributed by atoms with Gasteiger partial charge in [-0.25, -0.2) is 4.90 Å². The van der Waals surface area contributed by atoms with Crippen LogP contribution in [0.2, 0.25) is 0 Å². The number of rotatable bonds is 5. The summed E-state index contributed by atoms with van der Waals surface area (Å²) in [6, 6.07) is 24.2. The van der Waals surface area contributed by atoms with Crippen LogP contribution in [0.15, 0.2) is 99.4 Å². The average Bonchev–Trinajstić information content (AvgIpc) is 3.66. The third-order valence-corrected chi connectivity index (χ3v) is 10.1. The maximum Gasteiger partial charge on any atom is 0.308 e. The zero-order valence-electron chi connectivity index (χ0n) is 21.8. The summed E-state index contributed by atoms with van der Waals surface area (Å²) in [6.07, 6.45) is 1.52. The van der Waals surface area contributed by atoms with Gasteiger partial charge in [0.2, 0.25) is 17.7 Å². The van der Waals surface area contributed by atoms with E-state index in [0.29, 0.717) is 27.0 Å². The normalized spacial score (nSPS) is 19.8. The molecule has 1 N–H and O–H groups in total. The molecule has 1 saturated heterocycles. The van der Waals surface area contributed by atoms with Gasteiger partial charge in [-0.1, -0.05) is 71.1 Å². The molecule has 0 unspecified atom stereocenters. The van der Waals surface area contributed by atoms with Crippen LogP contribution in [-0.2, 0) is 20.9 Å². The lowest BCUT2D eigenvalue weighted by atomic mass is 9.87. The quantitative estimate of drug-likeness (QED) is 0.279. The summed E-state index contributed by atoms with van der Waals surface area (Å²) in [5.74, 6) is -1.91. The van der Waals surface area contributed by atoms with E-state index in [2.05, 4.69) is 5.32 Å². The Hall–Kier alpha value is -4.41. The molecule has 0 saturated carbocycles. The third-order valence-electron chi connectivity index (χ3n) is 7.53. The van der Waals surface area contributed by atoms with Gasteiger partial charge >= 0.3 is 4.87 Å². The van der Waals surface area contributed by atoms with E-state index >= 15 is 0 Å². The molecule has 0 aliphatic carbocycles. The van der Waals surface area contributed by atoms with Crippen LogP contribution in [0.3, 0.4) is 0 Å². The third kappa shape index (κ3) is 4.30. The molecule has 0 radical (unpaired) electrons. The number of hydrogen-bond donors (Lipinski definition) is 1. The summed E-state index contributed by atoms with van der Waals surface area (Å²) in [6.45, 7) is 1.71. The van der Waals surface area contributed by atoms with Crippen molar-refractivity contribution in [3.63, 3.8) is 0 Å². The van der Waals surface area contributed by atoms with E-state index in [1.807, 2.05) is 61.5 Å². The van der Waals surface area contributed by atoms with Crippen molar-refractivity contribution >= 4 is 63.0 Å². The highest BCUT2D eigenvalue weighted by atomic mass is 32.2. The van der Waals surface area contributed by atoms with Gasteiger partial charge in [-0.3, -0.25) is 23.7 Å². The van der Waals surface area contributed by atoms with Gasteiger partial charge in [-0.2, -0.15) is 0 Å². The topological polar surface area (TPSA) is 102 Å². The highest BCUT2D eigenvalue weighted by molar-refractivity contribution is 8.00. The van der Waals surface area contributed by atoms with Crippen molar-refractivity contribution in [3.05, 3.63) is 111 Å². The zero-order valence-corrected chi connectivity index (χ0v) is 23.4. The fourth-order valence-electron chi connectivity index (χ4n) is 5.59. The Morgan fingerprint density at radius 2 is 1.71 bits per heavy atom. The number of aryl methyl sites for hydroxylation is 1. The molecule has 3 atom stereocenters. The average molecular weight is 582 g/mol. The molecular weight excluding hydrogens is 558 g/mol. The first-order valence-corrected chi connectivity index (χ1v) is 14.8. The van der Waals surface area contributed by atoms with E-state index in [9.17, 15) is 19.2 Å². The molecule has 4 heterocycles. The fourth-order valence-corrected chi connectivity index (χ4v) is 8.34. The van der Waals surface area contributed by atoms with Crippen LogP contribution in [0, 0.1) is 12.8 Å². The van der Waals surface area contributed by atoms with Gasteiger partial charge in [0, 0.05) is 5.69 Å². The van der Waals surface area contributed by atoms with Crippen molar-refractivity contribution in [1.82, 2.24) is 4.57 Å². The number of thioether (sulfide) groups is 1. The summed E-state index contributed by atoms with van der Waals surface area (Å²) < 4.78 is 7.15. The van der Waals surface area contributed by atoms with Gasteiger partial charge in [-0.15, -0.1) is 0 Å². The van der Waals surface area contributed by atoms with Crippen molar-refractivity contribution in [2.75, 3.05) is 10.2 Å². The summed E-state index contributed by atoms with van der Waals surface area (Å²) in [5.41, 5.74) is 2.15. The van der Waals surface area contributed by atoms with Gasteiger partial charge in [0.25, 0.3) is 0 Å². The fraction of sp³-hybridized carbons (Fsp3) is 0.161. The monoisotopic (exact) mass is 581 g/mol. The maximum absolute atomic E-state index is 13.8. The number of furan rings is 1. The van der Waals surface area contributed by atoms with Crippen molar-refractivity contribution in [2.24, 2.45) is 5.92 Å². The van der Waals surface area contributed by atoms with Gasteiger partial charge in [0.15, 0.2) is 0 Å². The SMILES string of the molecule is Cc1ccc(N2C(=O)[C@H]3[C@H](c4ccco4)c4sc(=O)n(CC(=O)Nc5ccc6ccccc6c5)c4S[C@H]3C2=O)cc1. The van der Waals surface area contributed by atoms with Crippen molar-refractivity contribution in [3.8, 4) is 0 Å². The number of carbonyl (C=O) groups is 3. The highest BCUT2D eigenvalue weighted by Crippen LogP contribution is 2.53. The Labute approximate surface area is 242 Å². The Bertz CT molecular complexity index is 1890. The number of carbonyl (C=O) groups excluding carboxylic acids is 3. The van der Waals surface area contributed by atoms with Crippen LogP contribution in [0.25, 0.3) is 10.8 Å². The second-order valence-electron chi connectivity index (χ2n) is 10.1. The predicted molar refractivity (Wildman–Crippen MR) is 159 cm³/mol. The van der Waals surface area contributed by atoms with E-state index < -0.39 is 17.1 Å². The number of anilines is 2. The molecule has 2 aliphatic rings. The van der Waals surface area contributed by atoms with Crippen molar-refractivity contribution in [1.29, 1.82) is 0 Å². The lowest BCUT2D eigenvalue weighted by Gasteiger charge is -2.29. The number of nitrogens with zero attached hydrogens (tertiary/aromatic N) is 2. The van der Waals surface area contributed by atoms with Crippen LogP contribution in [-0.4, -0.2) is 27.5 Å². The standard InChI is InChI=1S/C31H23N3O5S2/c1-17-8-12-21(13-9-17)34-28(36)25-24(22-7-4-14-39-22)27-30(40-26(25)29(34)37)33(31(38)41-27)16-23(35)32-20-11-10-18-5-2-3-6-19(18)15-20/h2-15,24-26H,16H2,1H3,(H,32,35)/t24-,25-,26+/m0/s1. The van der Waals surface area contributed by atoms with E-state index in [-0.39, 0.29) is 29.1 Å².